The summed E-state index contributed by atoms with van der Waals surface area (Å²) in [5, 5.41) is 0. The zero-order valence-corrected chi connectivity index (χ0v) is 17.2. The monoisotopic (exact) mass is 362 g/mol. The Balaban J connectivity index is 1.68. The zero-order chi connectivity index (χ0) is 18.5. The lowest BCUT2D eigenvalue weighted by Gasteiger charge is -2.06. The summed E-state index contributed by atoms with van der Waals surface area (Å²) in [4.78, 5) is 0. The summed E-state index contributed by atoms with van der Waals surface area (Å²) < 4.78 is 11.3. The highest BCUT2D eigenvalue weighted by Crippen LogP contribution is 2.12. The van der Waals surface area contributed by atoms with Crippen LogP contribution in [0.2, 0.25) is 0 Å². The van der Waals surface area contributed by atoms with Crippen molar-refractivity contribution in [2.75, 3.05) is 19.8 Å². The van der Waals surface area contributed by atoms with Gasteiger partial charge >= 0.3 is 0 Å². The van der Waals surface area contributed by atoms with E-state index in [0.717, 1.165) is 6.61 Å². The van der Waals surface area contributed by atoms with Gasteiger partial charge in [-0.05, 0) is 12.0 Å². The predicted molar refractivity (Wildman–Crippen MR) is 113 cm³/mol. The predicted octanol–water partition coefficient (Wildman–Crippen LogP) is 7.31. The summed E-state index contributed by atoms with van der Waals surface area (Å²) in [5.74, 6) is 0. The van der Waals surface area contributed by atoms with Crippen molar-refractivity contribution < 1.29 is 9.47 Å². The summed E-state index contributed by atoms with van der Waals surface area (Å²) >= 11 is 0. The van der Waals surface area contributed by atoms with Gasteiger partial charge in [-0.1, -0.05) is 114 Å². The summed E-state index contributed by atoms with van der Waals surface area (Å²) in [7, 11) is 0. The smallest absolute Gasteiger partial charge is 0.0718 e. The molecule has 0 bridgehead atoms. The second-order valence-electron chi connectivity index (χ2n) is 7.39. The van der Waals surface area contributed by atoms with E-state index in [0.29, 0.717) is 19.8 Å². The lowest BCUT2D eigenvalue weighted by Crippen LogP contribution is -2.05. The molecule has 1 aromatic rings. The molecule has 0 aliphatic heterocycles. The molecule has 0 aromatic heterocycles. The summed E-state index contributed by atoms with van der Waals surface area (Å²) in [6.45, 7) is 5.25. The van der Waals surface area contributed by atoms with E-state index in [1.807, 2.05) is 18.2 Å². The second kappa shape index (κ2) is 18.9. The first-order valence-electron chi connectivity index (χ1n) is 11.1. The van der Waals surface area contributed by atoms with Crippen LogP contribution in [0.4, 0.5) is 0 Å². The van der Waals surface area contributed by atoms with Crippen LogP contribution < -0.4 is 0 Å². The van der Waals surface area contributed by atoms with Crippen LogP contribution in [0.15, 0.2) is 30.3 Å². The number of rotatable bonds is 19. The molecule has 0 aliphatic rings. The average molecular weight is 363 g/mol. The van der Waals surface area contributed by atoms with Gasteiger partial charge in [-0.3, -0.25) is 0 Å². The topological polar surface area (TPSA) is 18.5 Å². The fourth-order valence-corrected chi connectivity index (χ4v) is 3.21. The molecule has 0 amide bonds. The van der Waals surface area contributed by atoms with Crippen LogP contribution in [0.1, 0.15) is 96.0 Å². The summed E-state index contributed by atoms with van der Waals surface area (Å²) in [6.07, 6.45) is 18.1. The Bertz CT molecular complexity index is 377. The molecule has 1 aromatic carbocycles. The molecule has 2 heteroatoms. The molecular weight excluding hydrogens is 320 g/mol. The molecule has 0 saturated heterocycles. The van der Waals surface area contributed by atoms with Crippen LogP contribution in [0.25, 0.3) is 0 Å². The molecule has 0 fully saturated rings. The molecule has 0 atom stereocenters. The number of hydrogen-bond acceptors (Lipinski definition) is 2. The molecule has 1 rings (SSSR count). The van der Waals surface area contributed by atoms with Crippen molar-refractivity contribution >= 4 is 0 Å². The average Bonchev–Trinajstić information content (AvgIpc) is 2.68. The highest BCUT2D eigenvalue weighted by Gasteiger charge is 1.95. The second-order valence-corrected chi connectivity index (χ2v) is 7.39. The minimum atomic E-state index is 0.683. The molecule has 0 saturated carbocycles. The van der Waals surface area contributed by atoms with Crippen molar-refractivity contribution in [2.24, 2.45) is 0 Å². The molecule has 0 heterocycles. The van der Waals surface area contributed by atoms with Crippen molar-refractivity contribution in [3.63, 3.8) is 0 Å². The third-order valence-corrected chi connectivity index (χ3v) is 4.88. The first-order chi connectivity index (χ1) is 12.9. The molecule has 0 spiro atoms. The molecule has 0 radical (unpaired) electrons. The summed E-state index contributed by atoms with van der Waals surface area (Å²) in [5.41, 5.74) is 1.23. The van der Waals surface area contributed by atoms with Gasteiger partial charge in [0.05, 0.1) is 19.8 Å². The van der Waals surface area contributed by atoms with Crippen LogP contribution in [0.5, 0.6) is 0 Å². The van der Waals surface area contributed by atoms with Crippen molar-refractivity contribution in [1.82, 2.24) is 0 Å². The molecular formula is C24H42O2. The van der Waals surface area contributed by atoms with Gasteiger partial charge in [0.15, 0.2) is 0 Å². The number of ether oxygens (including phenoxy) is 2. The van der Waals surface area contributed by atoms with Gasteiger partial charge in [-0.15, -0.1) is 0 Å². The van der Waals surface area contributed by atoms with Crippen LogP contribution in [0.3, 0.4) is 0 Å². The number of hydrogen-bond donors (Lipinski definition) is 0. The first kappa shape index (κ1) is 23.2. The molecule has 26 heavy (non-hydrogen) atoms. The third kappa shape index (κ3) is 15.4. The highest BCUT2D eigenvalue weighted by molar-refractivity contribution is 5.13. The minimum absolute atomic E-state index is 0.683. The van der Waals surface area contributed by atoms with E-state index in [1.165, 1.54) is 89.0 Å². The molecule has 0 N–H and O–H groups in total. The first-order valence-corrected chi connectivity index (χ1v) is 11.1. The Kier molecular flexibility index (Phi) is 16.9. The van der Waals surface area contributed by atoms with Crippen LogP contribution >= 0.6 is 0 Å². The third-order valence-electron chi connectivity index (χ3n) is 4.88. The zero-order valence-electron chi connectivity index (χ0n) is 17.2. The normalized spacial score (nSPS) is 11.1. The van der Waals surface area contributed by atoms with E-state index in [9.17, 15) is 0 Å². The van der Waals surface area contributed by atoms with Crippen molar-refractivity contribution in [1.29, 1.82) is 0 Å². The maximum absolute atomic E-state index is 5.65. The van der Waals surface area contributed by atoms with E-state index in [-0.39, 0.29) is 0 Å². The van der Waals surface area contributed by atoms with E-state index in [1.54, 1.807) is 0 Å². The summed E-state index contributed by atoms with van der Waals surface area (Å²) in [6, 6.07) is 10.3. The largest absolute Gasteiger partial charge is 0.379 e. The molecule has 2 nitrogen and oxygen atoms in total. The lowest BCUT2D eigenvalue weighted by molar-refractivity contribution is 0.0392. The van der Waals surface area contributed by atoms with Gasteiger partial charge in [0.2, 0.25) is 0 Å². The van der Waals surface area contributed by atoms with Gasteiger partial charge in [0, 0.05) is 6.61 Å². The van der Waals surface area contributed by atoms with Gasteiger partial charge in [-0.25, -0.2) is 0 Å². The Hall–Kier alpha value is -0.860. The van der Waals surface area contributed by atoms with E-state index >= 15 is 0 Å². The van der Waals surface area contributed by atoms with Gasteiger partial charge in [0.25, 0.3) is 0 Å². The van der Waals surface area contributed by atoms with Gasteiger partial charge in [0.1, 0.15) is 0 Å². The lowest BCUT2D eigenvalue weighted by atomic mass is 10.0. The maximum atomic E-state index is 5.65. The number of unbranched alkanes of at least 4 members (excludes halogenated alkanes) is 12. The van der Waals surface area contributed by atoms with Crippen LogP contribution in [0, 0.1) is 0 Å². The van der Waals surface area contributed by atoms with Crippen molar-refractivity contribution in [3.05, 3.63) is 35.9 Å². The van der Waals surface area contributed by atoms with E-state index in [4.69, 9.17) is 9.47 Å². The Morgan fingerprint density at radius 3 is 1.62 bits per heavy atom. The maximum Gasteiger partial charge on any atom is 0.0718 e. The Morgan fingerprint density at radius 1 is 0.538 bits per heavy atom. The SMILES string of the molecule is CCCCCCCCCCCCCCCOCCOCc1ccccc1. The van der Waals surface area contributed by atoms with E-state index < -0.39 is 0 Å². The fraction of sp³-hybridized carbons (Fsp3) is 0.750. The fourth-order valence-electron chi connectivity index (χ4n) is 3.21. The van der Waals surface area contributed by atoms with Crippen molar-refractivity contribution in [3.8, 4) is 0 Å². The van der Waals surface area contributed by atoms with Crippen LogP contribution in [-0.2, 0) is 16.1 Å². The molecule has 0 unspecified atom stereocenters. The molecule has 150 valence electrons. The molecule has 0 aliphatic carbocycles. The van der Waals surface area contributed by atoms with Crippen molar-refractivity contribution in [2.45, 2.75) is 97.0 Å². The quantitative estimate of drug-likeness (QED) is 0.240. The highest BCUT2D eigenvalue weighted by atomic mass is 16.5. The standard InChI is InChI=1S/C24H42O2/c1-2-3-4-5-6-7-8-9-10-11-12-13-17-20-25-21-22-26-23-24-18-15-14-16-19-24/h14-16,18-19H,2-13,17,20-23H2,1H3. The van der Waals surface area contributed by atoms with E-state index in [2.05, 4.69) is 19.1 Å². The van der Waals surface area contributed by atoms with Gasteiger partial charge < -0.3 is 9.47 Å². The Labute approximate surface area is 162 Å². The number of benzene rings is 1. The van der Waals surface area contributed by atoms with Gasteiger partial charge in [-0.2, -0.15) is 0 Å². The Morgan fingerprint density at radius 2 is 1.04 bits per heavy atom. The van der Waals surface area contributed by atoms with Crippen LogP contribution in [-0.4, -0.2) is 19.8 Å². The minimum Gasteiger partial charge on any atom is -0.379 e.